The highest BCUT2D eigenvalue weighted by Gasteiger charge is 2.36. The molecule has 124 valence electrons. The fourth-order valence-corrected chi connectivity index (χ4v) is 3.71. The third-order valence-corrected chi connectivity index (χ3v) is 5.00. The smallest absolute Gasteiger partial charge is 0.158 e. The Bertz CT molecular complexity index is 840. The van der Waals surface area contributed by atoms with Crippen molar-refractivity contribution in [3.63, 3.8) is 0 Å². The van der Waals surface area contributed by atoms with E-state index in [1.165, 1.54) is 5.56 Å². The van der Waals surface area contributed by atoms with E-state index in [2.05, 4.69) is 40.2 Å². The van der Waals surface area contributed by atoms with Gasteiger partial charge in [0.25, 0.3) is 0 Å². The van der Waals surface area contributed by atoms with Gasteiger partial charge in [0.05, 0.1) is 5.52 Å². The number of halogens is 1. The highest BCUT2D eigenvalue weighted by molar-refractivity contribution is 5.90. The molecule has 2 aromatic carbocycles. The first-order valence-corrected chi connectivity index (χ1v) is 8.23. The quantitative estimate of drug-likeness (QED) is 0.803. The molecule has 2 heterocycles. The van der Waals surface area contributed by atoms with Crippen molar-refractivity contribution in [2.24, 2.45) is 0 Å². The van der Waals surface area contributed by atoms with E-state index in [1.807, 2.05) is 30.3 Å². The lowest BCUT2D eigenvalue weighted by Gasteiger charge is -2.25. The van der Waals surface area contributed by atoms with E-state index in [-0.39, 0.29) is 5.82 Å². The van der Waals surface area contributed by atoms with E-state index in [0.717, 1.165) is 29.8 Å². The number of nitrogens with zero attached hydrogens (tertiary/aromatic N) is 3. The van der Waals surface area contributed by atoms with E-state index in [0.29, 0.717) is 12.0 Å². The third-order valence-electron chi connectivity index (χ3n) is 5.00. The van der Waals surface area contributed by atoms with Crippen LogP contribution < -0.4 is 4.90 Å². The summed E-state index contributed by atoms with van der Waals surface area (Å²) in [6.07, 6.45) is 0. The molecule has 1 aliphatic rings. The van der Waals surface area contributed by atoms with E-state index in [4.69, 9.17) is 0 Å². The number of H-pyrrole nitrogens is 1. The van der Waals surface area contributed by atoms with Crippen molar-refractivity contribution in [2.75, 3.05) is 32.1 Å². The molecule has 1 aromatic heterocycles. The zero-order valence-electron chi connectivity index (χ0n) is 13.9. The van der Waals surface area contributed by atoms with E-state index >= 15 is 0 Å². The molecule has 2 atom stereocenters. The Morgan fingerprint density at radius 1 is 1.08 bits per heavy atom. The summed E-state index contributed by atoms with van der Waals surface area (Å²) in [4.78, 5) is 4.58. The minimum absolute atomic E-state index is 0.187. The van der Waals surface area contributed by atoms with E-state index in [1.54, 1.807) is 12.1 Å². The zero-order chi connectivity index (χ0) is 16.7. The maximum atomic E-state index is 13.3. The Kier molecular flexibility index (Phi) is 3.73. The molecule has 0 spiro atoms. The number of hydrogen-bond donors (Lipinski definition) is 1. The van der Waals surface area contributed by atoms with Gasteiger partial charge < -0.3 is 9.80 Å². The molecule has 1 fully saturated rings. The van der Waals surface area contributed by atoms with Gasteiger partial charge in [-0.2, -0.15) is 5.10 Å². The normalized spacial score (nSPS) is 21.1. The summed E-state index contributed by atoms with van der Waals surface area (Å²) in [5.41, 5.74) is 2.23. The van der Waals surface area contributed by atoms with Crippen LogP contribution in [0.2, 0.25) is 0 Å². The average Bonchev–Trinajstić information content (AvgIpc) is 3.19. The van der Waals surface area contributed by atoms with Crippen LogP contribution in [0.25, 0.3) is 10.9 Å². The Labute approximate surface area is 140 Å². The standard InChI is InChI=1S/C19H21FN4/c1-23(2)18-12-24(11-16(18)13-7-9-14(20)10-8-13)19-15-5-3-4-6-17(15)21-22-19/h3-10,16,18H,11-12H2,1-2H3,(H,21,22)/t16-,18?/m1/s1. The molecule has 5 heteroatoms. The van der Waals surface area contributed by atoms with Gasteiger partial charge in [0, 0.05) is 30.4 Å². The van der Waals surface area contributed by atoms with Crippen molar-refractivity contribution in [3.8, 4) is 0 Å². The number of aromatic nitrogens is 2. The Morgan fingerprint density at radius 3 is 2.58 bits per heavy atom. The number of rotatable bonds is 3. The fraction of sp³-hybridized carbons (Fsp3) is 0.316. The largest absolute Gasteiger partial charge is 0.352 e. The van der Waals surface area contributed by atoms with Crippen LogP contribution in [0.4, 0.5) is 10.2 Å². The molecule has 0 bridgehead atoms. The third kappa shape index (κ3) is 2.55. The van der Waals surface area contributed by atoms with Gasteiger partial charge in [-0.15, -0.1) is 0 Å². The molecular formula is C19H21FN4. The van der Waals surface area contributed by atoms with Crippen molar-refractivity contribution in [1.29, 1.82) is 0 Å². The lowest BCUT2D eigenvalue weighted by atomic mass is 9.94. The Hall–Kier alpha value is -2.40. The van der Waals surface area contributed by atoms with Crippen molar-refractivity contribution < 1.29 is 4.39 Å². The SMILES string of the molecule is CN(C)C1CN(c2n[nH]c3ccccc23)C[C@@H]1c1ccc(F)cc1. The van der Waals surface area contributed by atoms with Crippen molar-refractivity contribution in [3.05, 3.63) is 59.9 Å². The molecule has 4 rings (SSSR count). The van der Waals surface area contributed by atoms with Crippen LogP contribution in [0.15, 0.2) is 48.5 Å². The molecule has 3 aromatic rings. The number of aromatic amines is 1. The van der Waals surface area contributed by atoms with Crippen LogP contribution in [0.1, 0.15) is 11.5 Å². The second-order valence-corrected chi connectivity index (χ2v) is 6.69. The maximum absolute atomic E-state index is 13.3. The summed E-state index contributed by atoms with van der Waals surface area (Å²) in [5.74, 6) is 1.14. The average molecular weight is 324 g/mol. The lowest BCUT2D eigenvalue weighted by Crippen LogP contribution is -2.34. The lowest BCUT2D eigenvalue weighted by molar-refractivity contribution is 0.292. The first-order valence-electron chi connectivity index (χ1n) is 8.23. The van der Waals surface area contributed by atoms with Crippen LogP contribution in [0.3, 0.4) is 0 Å². The van der Waals surface area contributed by atoms with Gasteiger partial charge in [0.1, 0.15) is 5.82 Å². The first kappa shape index (κ1) is 15.1. The summed E-state index contributed by atoms with van der Waals surface area (Å²) in [5, 5.41) is 8.80. The zero-order valence-corrected chi connectivity index (χ0v) is 13.9. The number of hydrogen-bond acceptors (Lipinski definition) is 3. The first-order chi connectivity index (χ1) is 11.6. The van der Waals surface area contributed by atoms with Gasteiger partial charge in [-0.1, -0.05) is 24.3 Å². The minimum atomic E-state index is -0.187. The van der Waals surface area contributed by atoms with Gasteiger partial charge in [-0.3, -0.25) is 5.10 Å². The summed E-state index contributed by atoms with van der Waals surface area (Å²) in [6.45, 7) is 1.78. The molecule has 0 saturated carbocycles. The number of likely N-dealkylation sites (N-methyl/N-ethyl adjacent to an activating group) is 1. The highest BCUT2D eigenvalue weighted by atomic mass is 19.1. The number of anilines is 1. The van der Waals surface area contributed by atoms with Crippen LogP contribution >= 0.6 is 0 Å². The van der Waals surface area contributed by atoms with Gasteiger partial charge in [0.15, 0.2) is 5.82 Å². The molecule has 4 nitrogen and oxygen atoms in total. The minimum Gasteiger partial charge on any atom is -0.352 e. The van der Waals surface area contributed by atoms with Gasteiger partial charge in [0.2, 0.25) is 0 Å². The molecule has 0 aliphatic carbocycles. The molecule has 24 heavy (non-hydrogen) atoms. The second-order valence-electron chi connectivity index (χ2n) is 6.69. The number of fused-ring (bicyclic) bond motifs is 1. The Morgan fingerprint density at radius 2 is 1.83 bits per heavy atom. The second kappa shape index (κ2) is 5.91. The predicted molar refractivity (Wildman–Crippen MR) is 94.9 cm³/mol. The molecule has 1 N–H and O–H groups in total. The van der Waals surface area contributed by atoms with Crippen LogP contribution in [0, 0.1) is 5.82 Å². The van der Waals surface area contributed by atoms with Crippen LogP contribution in [0.5, 0.6) is 0 Å². The number of benzene rings is 2. The van der Waals surface area contributed by atoms with Crippen LogP contribution in [-0.4, -0.2) is 48.3 Å². The monoisotopic (exact) mass is 324 g/mol. The molecule has 0 amide bonds. The summed E-state index contributed by atoms with van der Waals surface area (Å²) < 4.78 is 13.3. The van der Waals surface area contributed by atoms with Crippen molar-refractivity contribution in [2.45, 2.75) is 12.0 Å². The maximum Gasteiger partial charge on any atom is 0.158 e. The van der Waals surface area contributed by atoms with Crippen LogP contribution in [-0.2, 0) is 0 Å². The molecule has 1 saturated heterocycles. The summed E-state index contributed by atoms with van der Waals surface area (Å²) >= 11 is 0. The predicted octanol–water partition coefficient (Wildman–Crippen LogP) is 3.24. The van der Waals surface area contributed by atoms with Crippen molar-refractivity contribution >= 4 is 16.7 Å². The summed E-state index contributed by atoms with van der Waals surface area (Å²) in [6, 6.07) is 15.5. The van der Waals surface area contributed by atoms with E-state index < -0.39 is 0 Å². The fourth-order valence-electron chi connectivity index (χ4n) is 3.71. The number of nitrogens with one attached hydrogen (secondary N) is 1. The van der Waals surface area contributed by atoms with Gasteiger partial charge >= 0.3 is 0 Å². The Balaban J connectivity index is 1.68. The van der Waals surface area contributed by atoms with Crippen molar-refractivity contribution in [1.82, 2.24) is 15.1 Å². The molecular weight excluding hydrogens is 303 g/mol. The van der Waals surface area contributed by atoms with Gasteiger partial charge in [-0.25, -0.2) is 4.39 Å². The van der Waals surface area contributed by atoms with Gasteiger partial charge in [-0.05, 0) is 43.9 Å². The summed E-state index contributed by atoms with van der Waals surface area (Å²) in [7, 11) is 4.21. The van der Waals surface area contributed by atoms with E-state index in [9.17, 15) is 4.39 Å². The molecule has 0 radical (unpaired) electrons. The molecule has 1 aliphatic heterocycles. The molecule has 1 unspecified atom stereocenters. The topological polar surface area (TPSA) is 35.2 Å². The number of para-hydroxylation sites is 1. The highest BCUT2D eigenvalue weighted by Crippen LogP contribution is 2.35.